The molecule has 1 aromatic heterocycles. The first-order valence-corrected chi connectivity index (χ1v) is 10.4. The summed E-state index contributed by atoms with van der Waals surface area (Å²) in [4.78, 5) is 22.5. The summed E-state index contributed by atoms with van der Waals surface area (Å²) in [6, 6.07) is 7.71. The number of rotatable bonds is 5. The van der Waals surface area contributed by atoms with Gasteiger partial charge in [0, 0.05) is 44.0 Å². The average Bonchev–Trinajstić information content (AvgIpc) is 3.05. The highest BCUT2D eigenvalue weighted by Gasteiger charge is 2.43. The summed E-state index contributed by atoms with van der Waals surface area (Å²) in [6.07, 6.45) is 2.09. The molecule has 1 aromatic carbocycles. The number of ether oxygens (including phenoxy) is 1. The number of nitrogens with zero attached hydrogens (tertiary/aromatic N) is 3. The summed E-state index contributed by atoms with van der Waals surface area (Å²) in [6.45, 7) is 2.96. The molecule has 2 aromatic rings. The number of thiazole rings is 1. The number of β-amino-alcohol motifs (C(OH)–C–C–N with tert-alkyl or cyclic N) is 1. The van der Waals surface area contributed by atoms with Gasteiger partial charge >= 0.3 is 0 Å². The zero-order chi connectivity index (χ0) is 19.7. The molecule has 0 unspecified atom stereocenters. The number of fused-ring (bicyclic) bond motifs is 1. The van der Waals surface area contributed by atoms with Gasteiger partial charge in [0.25, 0.3) is 5.91 Å². The summed E-state index contributed by atoms with van der Waals surface area (Å²) in [5.74, 6) is 0.585. The number of nitrogens with two attached hydrogens (primary N) is 1. The second-order valence-corrected chi connectivity index (χ2v) is 8.71. The Balaban J connectivity index is 1.44. The summed E-state index contributed by atoms with van der Waals surface area (Å²) in [5.41, 5.74) is 6.53. The van der Waals surface area contributed by atoms with E-state index in [2.05, 4.69) is 9.88 Å². The highest BCUT2D eigenvalue weighted by Crippen LogP contribution is 2.30. The molecule has 1 atom stereocenters. The lowest BCUT2D eigenvalue weighted by molar-refractivity contribution is -0.160. The molecule has 7 nitrogen and oxygen atoms in total. The number of carbonyl (C=O) groups excluding carboxylic acids is 1. The van der Waals surface area contributed by atoms with Crippen LogP contribution in [0, 0.1) is 0 Å². The van der Waals surface area contributed by atoms with Gasteiger partial charge in [-0.3, -0.25) is 9.69 Å². The normalized spacial score (nSPS) is 22.9. The highest BCUT2D eigenvalue weighted by atomic mass is 32.1. The molecule has 1 amide bonds. The lowest BCUT2D eigenvalue weighted by atomic mass is 9.90. The van der Waals surface area contributed by atoms with Gasteiger partial charge in [0.2, 0.25) is 0 Å². The van der Waals surface area contributed by atoms with Crippen LogP contribution in [0.2, 0.25) is 0 Å². The van der Waals surface area contributed by atoms with Crippen LogP contribution in [0.5, 0.6) is 5.75 Å². The molecule has 2 aliphatic rings. The monoisotopic (exact) mass is 402 g/mol. The van der Waals surface area contributed by atoms with E-state index in [1.54, 1.807) is 12.0 Å². The second kappa shape index (κ2) is 7.69. The maximum Gasteiger partial charge on any atom is 0.256 e. The second-order valence-electron chi connectivity index (χ2n) is 7.60. The van der Waals surface area contributed by atoms with Crippen LogP contribution >= 0.6 is 11.3 Å². The summed E-state index contributed by atoms with van der Waals surface area (Å²) >= 11 is 1.50. The minimum absolute atomic E-state index is 0.184. The molecule has 0 radical (unpaired) electrons. The number of carbonyl (C=O) groups is 1. The Morgan fingerprint density at radius 3 is 3.07 bits per heavy atom. The number of aromatic nitrogens is 1. The van der Waals surface area contributed by atoms with E-state index in [4.69, 9.17) is 10.5 Å². The number of likely N-dealkylation sites (tertiary alicyclic amines) is 1. The number of methoxy groups -OCH3 is 1. The predicted molar refractivity (Wildman–Crippen MR) is 108 cm³/mol. The van der Waals surface area contributed by atoms with Crippen molar-refractivity contribution in [1.82, 2.24) is 14.8 Å². The Labute approximate surface area is 168 Å². The van der Waals surface area contributed by atoms with Crippen molar-refractivity contribution >= 4 is 22.4 Å². The Morgan fingerprint density at radius 1 is 1.39 bits per heavy atom. The quantitative estimate of drug-likeness (QED) is 0.790. The number of piperidine rings is 1. The fourth-order valence-electron chi connectivity index (χ4n) is 4.13. The molecule has 150 valence electrons. The third-order valence-electron chi connectivity index (χ3n) is 5.52. The van der Waals surface area contributed by atoms with Gasteiger partial charge in [0.05, 0.1) is 12.8 Å². The van der Waals surface area contributed by atoms with E-state index in [0.717, 1.165) is 41.3 Å². The van der Waals surface area contributed by atoms with Crippen molar-refractivity contribution in [3.63, 3.8) is 0 Å². The maximum atomic E-state index is 13.1. The minimum Gasteiger partial charge on any atom is -0.497 e. The number of hydrogen-bond donors (Lipinski definition) is 2. The third kappa shape index (κ3) is 3.85. The zero-order valence-corrected chi connectivity index (χ0v) is 16.9. The van der Waals surface area contributed by atoms with Gasteiger partial charge in [-0.05, 0) is 30.5 Å². The van der Waals surface area contributed by atoms with Crippen LogP contribution in [-0.2, 0) is 24.3 Å². The van der Waals surface area contributed by atoms with Crippen molar-refractivity contribution in [1.29, 1.82) is 0 Å². The molecule has 8 heteroatoms. The summed E-state index contributed by atoms with van der Waals surface area (Å²) in [7, 11) is 1.63. The zero-order valence-electron chi connectivity index (χ0n) is 16.1. The van der Waals surface area contributed by atoms with Crippen molar-refractivity contribution in [2.45, 2.75) is 38.0 Å². The lowest BCUT2D eigenvalue weighted by Crippen LogP contribution is -2.58. The highest BCUT2D eigenvalue weighted by molar-refractivity contribution is 7.15. The van der Waals surface area contributed by atoms with Crippen LogP contribution < -0.4 is 10.5 Å². The number of benzene rings is 1. The number of hydrogen-bond acceptors (Lipinski definition) is 7. The van der Waals surface area contributed by atoms with Crippen molar-refractivity contribution in [3.05, 3.63) is 40.4 Å². The minimum atomic E-state index is -1.34. The Kier molecular flexibility index (Phi) is 5.27. The molecule has 0 aliphatic carbocycles. The van der Waals surface area contributed by atoms with Gasteiger partial charge in [0.15, 0.2) is 10.7 Å². The first kappa shape index (κ1) is 19.2. The fraction of sp³-hybridized carbons (Fsp3) is 0.500. The van der Waals surface area contributed by atoms with Gasteiger partial charge in [-0.25, -0.2) is 4.98 Å². The Hall–Kier alpha value is -2.16. The lowest BCUT2D eigenvalue weighted by Gasteiger charge is -2.41. The number of anilines is 1. The molecular formula is C20H26N4O3S. The van der Waals surface area contributed by atoms with Crippen molar-refractivity contribution < 1.29 is 14.6 Å². The summed E-state index contributed by atoms with van der Waals surface area (Å²) < 4.78 is 5.27. The Morgan fingerprint density at radius 2 is 2.25 bits per heavy atom. The molecule has 3 N–H and O–H groups in total. The molecule has 2 aliphatic heterocycles. The van der Waals surface area contributed by atoms with E-state index in [1.807, 2.05) is 24.3 Å². The molecule has 1 fully saturated rings. The van der Waals surface area contributed by atoms with Crippen LogP contribution in [0.25, 0.3) is 0 Å². The molecule has 4 rings (SSSR count). The van der Waals surface area contributed by atoms with Crippen molar-refractivity contribution in [2.75, 3.05) is 32.5 Å². The van der Waals surface area contributed by atoms with Crippen LogP contribution in [0.1, 0.15) is 29.0 Å². The van der Waals surface area contributed by atoms with E-state index in [9.17, 15) is 9.90 Å². The topological polar surface area (TPSA) is 91.9 Å². The van der Waals surface area contributed by atoms with E-state index in [0.29, 0.717) is 37.7 Å². The van der Waals surface area contributed by atoms with Gasteiger partial charge in [-0.1, -0.05) is 12.1 Å². The standard InChI is InChI=1S/C20H26N4O3S/c1-27-15-5-2-4-14(10-15)11-24-8-3-7-20(26,18(24)25)13-23-9-6-16-17(12-23)28-19(21)22-16/h2,4-5,10,26H,3,6-9,11-13H2,1H3,(H2,21,22)/t20-/m0/s1. The molecule has 28 heavy (non-hydrogen) atoms. The number of aliphatic hydroxyl groups is 1. The van der Waals surface area contributed by atoms with Gasteiger partial charge in [0.1, 0.15) is 5.75 Å². The van der Waals surface area contributed by atoms with Crippen LogP contribution in [0.3, 0.4) is 0 Å². The predicted octanol–water partition coefficient (Wildman–Crippen LogP) is 1.65. The van der Waals surface area contributed by atoms with Gasteiger partial charge in [-0.15, -0.1) is 11.3 Å². The van der Waals surface area contributed by atoms with Crippen molar-refractivity contribution in [3.8, 4) is 5.75 Å². The first-order chi connectivity index (χ1) is 13.5. The Bertz CT molecular complexity index is 871. The van der Waals surface area contributed by atoms with Crippen LogP contribution in [0.4, 0.5) is 5.13 Å². The van der Waals surface area contributed by atoms with Crippen molar-refractivity contribution in [2.24, 2.45) is 0 Å². The third-order valence-corrected chi connectivity index (χ3v) is 6.43. The maximum absolute atomic E-state index is 13.1. The molecule has 3 heterocycles. The number of nitrogen functional groups attached to an aromatic ring is 1. The molecule has 0 bridgehead atoms. The largest absolute Gasteiger partial charge is 0.497 e. The molecule has 0 saturated carbocycles. The van der Waals surface area contributed by atoms with Gasteiger partial charge in [-0.2, -0.15) is 0 Å². The average molecular weight is 403 g/mol. The first-order valence-electron chi connectivity index (χ1n) is 9.58. The fourth-order valence-corrected chi connectivity index (χ4v) is 5.05. The SMILES string of the molecule is COc1cccc(CN2CCC[C@](O)(CN3CCc4nc(N)sc4C3)C2=O)c1. The van der Waals surface area contributed by atoms with Gasteiger partial charge < -0.3 is 20.5 Å². The van der Waals surface area contributed by atoms with E-state index in [-0.39, 0.29) is 5.91 Å². The molecule has 1 saturated heterocycles. The molecule has 0 spiro atoms. The van der Waals surface area contributed by atoms with E-state index < -0.39 is 5.60 Å². The molecular weight excluding hydrogens is 376 g/mol. The number of amides is 1. The van der Waals surface area contributed by atoms with Crippen LogP contribution in [-0.4, -0.2) is 58.1 Å². The van der Waals surface area contributed by atoms with Crippen LogP contribution in [0.15, 0.2) is 24.3 Å². The smallest absolute Gasteiger partial charge is 0.256 e. The van der Waals surface area contributed by atoms with E-state index >= 15 is 0 Å². The van der Waals surface area contributed by atoms with E-state index in [1.165, 1.54) is 11.3 Å². The summed E-state index contributed by atoms with van der Waals surface area (Å²) in [5, 5.41) is 11.8.